The first kappa shape index (κ1) is 11.6. The number of imidazole rings is 1. The van der Waals surface area contributed by atoms with Gasteiger partial charge in [-0.3, -0.25) is 0 Å². The van der Waals surface area contributed by atoms with Crippen molar-refractivity contribution >= 4 is 11.8 Å². The van der Waals surface area contributed by atoms with Gasteiger partial charge in [-0.1, -0.05) is 6.92 Å². The molecule has 0 spiro atoms. The van der Waals surface area contributed by atoms with Gasteiger partial charge in [-0.25, -0.2) is 4.98 Å². The van der Waals surface area contributed by atoms with E-state index in [0.717, 1.165) is 17.9 Å². The number of nitrogens with zero attached hydrogens (tertiary/aromatic N) is 2. The average Bonchev–Trinajstić information content (AvgIpc) is 2.62. The molecule has 0 saturated carbocycles. The molecule has 3 nitrogen and oxygen atoms in total. The standard InChI is InChI=1S/C10H19N3S/c1-4-9(6-14-3)13-7-12-5-10(13)8(2)11/h5,7-9H,4,6,11H2,1-3H3/t8-,9?/m0/s1. The van der Waals surface area contributed by atoms with E-state index in [1.54, 1.807) is 0 Å². The molecule has 1 aromatic rings. The molecule has 1 rings (SSSR count). The van der Waals surface area contributed by atoms with Crippen LogP contribution < -0.4 is 5.73 Å². The fourth-order valence-corrected chi connectivity index (χ4v) is 2.34. The van der Waals surface area contributed by atoms with Gasteiger partial charge in [-0.2, -0.15) is 11.8 Å². The summed E-state index contributed by atoms with van der Waals surface area (Å²) < 4.78 is 2.21. The smallest absolute Gasteiger partial charge is 0.0951 e. The summed E-state index contributed by atoms with van der Waals surface area (Å²) in [4.78, 5) is 4.17. The second-order valence-electron chi connectivity index (χ2n) is 3.53. The number of rotatable bonds is 5. The Labute approximate surface area is 90.1 Å². The van der Waals surface area contributed by atoms with Gasteiger partial charge in [0.25, 0.3) is 0 Å². The first-order chi connectivity index (χ1) is 6.70. The number of nitrogens with two attached hydrogens (primary N) is 1. The van der Waals surface area contributed by atoms with Gasteiger partial charge >= 0.3 is 0 Å². The fraction of sp³-hybridized carbons (Fsp3) is 0.700. The maximum absolute atomic E-state index is 5.88. The minimum atomic E-state index is 0.0633. The van der Waals surface area contributed by atoms with Crippen molar-refractivity contribution in [2.45, 2.75) is 32.4 Å². The fourth-order valence-electron chi connectivity index (χ4n) is 1.56. The third-order valence-corrected chi connectivity index (χ3v) is 3.10. The molecule has 4 heteroatoms. The van der Waals surface area contributed by atoms with Gasteiger partial charge in [-0.15, -0.1) is 0 Å². The van der Waals surface area contributed by atoms with E-state index in [9.17, 15) is 0 Å². The Morgan fingerprint density at radius 2 is 2.36 bits per heavy atom. The van der Waals surface area contributed by atoms with E-state index in [-0.39, 0.29) is 6.04 Å². The van der Waals surface area contributed by atoms with Crippen LogP contribution in [0.5, 0.6) is 0 Å². The Morgan fingerprint density at radius 3 is 2.86 bits per heavy atom. The average molecular weight is 213 g/mol. The molecule has 0 amide bonds. The maximum Gasteiger partial charge on any atom is 0.0951 e. The van der Waals surface area contributed by atoms with Gasteiger partial charge in [0.2, 0.25) is 0 Å². The number of aromatic nitrogens is 2. The molecule has 2 N–H and O–H groups in total. The predicted octanol–water partition coefficient (Wildman–Crippen LogP) is 2.22. The van der Waals surface area contributed by atoms with Crippen LogP contribution in [0.15, 0.2) is 12.5 Å². The van der Waals surface area contributed by atoms with Crippen LogP contribution in [0.1, 0.15) is 38.0 Å². The van der Waals surface area contributed by atoms with Crippen LogP contribution >= 0.6 is 11.8 Å². The van der Waals surface area contributed by atoms with Gasteiger partial charge in [0.15, 0.2) is 0 Å². The summed E-state index contributed by atoms with van der Waals surface area (Å²) in [5, 5.41) is 0. The second kappa shape index (κ2) is 5.41. The second-order valence-corrected chi connectivity index (χ2v) is 4.44. The molecule has 0 aliphatic heterocycles. The summed E-state index contributed by atoms with van der Waals surface area (Å²) in [5.74, 6) is 1.12. The molecule has 0 aliphatic rings. The Balaban J connectivity index is 2.86. The lowest BCUT2D eigenvalue weighted by Crippen LogP contribution is -2.17. The van der Waals surface area contributed by atoms with E-state index >= 15 is 0 Å². The molecule has 0 bridgehead atoms. The highest BCUT2D eigenvalue weighted by molar-refractivity contribution is 7.98. The Morgan fingerprint density at radius 1 is 1.64 bits per heavy atom. The predicted molar refractivity (Wildman–Crippen MR) is 62.5 cm³/mol. The minimum absolute atomic E-state index is 0.0633. The Kier molecular flexibility index (Phi) is 4.48. The highest BCUT2D eigenvalue weighted by Crippen LogP contribution is 2.21. The normalized spacial score (nSPS) is 15.4. The van der Waals surface area contributed by atoms with Crippen molar-refractivity contribution in [3.05, 3.63) is 18.2 Å². The van der Waals surface area contributed by atoms with Crippen LogP contribution in [-0.2, 0) is 0 Å². The van der Waals surface area contributed by atoms with E-state index in [4.69, 9.17) is 5.73 Å². The third-order valence-electron chi connectivity index (χ3n) is 2.39. The van der Waals surface area contributed by atoms with Crippen molar-refractivity contribution in [2.75, 3.05) is 12.0 Å². The van der Waals surface area contributed by atoms with Crippen molar-refractivity contribution in [3.63, 3.8) is 0 Å². The van der Waals surface area contributed by atoms with Gasteiger partial charge in [0.1, 0.15) is 0 Å². The van der Waals surface area contributed by atoms with Crippen LogP contribution in [0.25, 0.3) is 0 Å². The molecule has 2 atom stereocenters. The van der Waals surface area contributed by atoms with Gasteiger partial charge < -0.3 is 10.3 Å². The topological polar surface area (TPSA) is 43.8 Å². The quantitative estimate of drug-likeness (QED) is 0.815. The molecule has 1 heterocycles. The maximum atomic E-state index is 5.88. The molecule has 0 radical (unpaired) electrons. The third kappa shape index (κ3) is 2.51. The number of thioether (sulfide) groups is 1. The highest BCUT2D eigenvalue weighted by Gasteiger charge is 2.13. The van der Waals surface area contributed by atoms with E-state index in [0.29, 0.717) is 6.04 Å². The molecular weight excluding hydrogens is 194 g/mol. The molecule has 14 heavy (non-hydrogen) atoms. The lowest BCUT2D eigenvalue weighted by molar-refractivity contribution is 0.507. The summed E-state index contributed by atoms with van der Waals surface area (Å²) in [6.45, 7) is 4.20. The van der Waals surface area contributed by atoms with E-state index in [2.05, 4.69) is 22.7 Å². The van der Waals surface area contributed by atoms with Crippen LogP contribution in [0.4, 0.5) is 0 Å². The minimum Gasteiger partial charge on any atom is -0.329 e. The Bertz CT molecular complexity index is 270. The summed E-state index contributed by atoms with van der Waals surface area (Å²) in [5.41, 5.74) is 7.01. The SMILES string of the molecule is CCC(CSC)n1cncc1[C@H](C)N. The summed E-state index contributed by atoms with van der Waals surface area (Å²) in [6.07, 6.45) is 7.01. The first-order valence-corrected chi connectivity index (χ1v) is 6.36. The van der Waals surface area contributed by atoms with Crippen LogP contribution in [0.3, 0.4) is 0 Å². The van der Waals surface area contributed by atoms with E-state index in [1.165, 1.54) is 0 Å². The first-order valence-electron chi connectivity index (χ1n) is 4.96. The molecule has 0 saturated heterocycles. The zero-order valence-corrected chi connectivity index (χ0v) is 9.92. The Hall–Kier alpha value is -0.480. The van der Waals surface area contributed by atoms with Crippen molar-refractivity contribution in [3.8, 4) is 0 Å². The van der Waals surface area contributed by atoms with Crippen LogP contribution in [-0.4, -0.2) is 21.6 Å². The molecule has 1 aromatic heterocycles. The number of hydrogen-bond acceptors (Lipinski definition) is 3. The number of hydrogen-bond donors (Lipinski definition) is 1. The molecule has 80 valence electrons. The molecule has 0 aromatic carbocycles. The zero-order valence-electron chi connectivity index (χ0n) is 9.10. The van der Waals surface area contributed by atoms with Gasteiger partial charge in [0.05, 0.1) is 12.0 Å². The van der Waals surface area contributed by atoms with Crippen molar-refractivity contribution in [1.29, 1.82) is 0 Å². The van der Waals surface area contributed by atoms with Crippen molar-refractivity contribution in [1.82, 2.24) is 9.55 Å². The molecule has 1 unspecified atom stereocenters. The van der Waals surface area contributed by atoms with Gasteiger partial charge in [0, 0.05) is 24.0 Å². The highest BCUT2D eigenvalue weighted by atomic mass is 32.2. The lowest BCUT2D eigenvalue weighted by Gasteiger charge is -2.19. The van der Waals surface area contributed by atoms with Crippen LogP contribution in [0.2, 0.25) is 0 Å². The summed E-state index contributed by atoms with van der Waals surface area (Å²) >= 11 is 1.86. The van der Waals surface area contributed by atoms with Gasteiger partial charge in [-0.05, 0) is 19.6 Å². The molecule has 0 aliphatic carbocycles. The van der Waals surface area contributed by atoms with Crippen molar-refractivity contribution in [2.24, 2.45) is 5.73 Å². The molecule has 0 fully saturated rings. The summed E-state index contributed by atoms with van der Waals surface area (Å²) in [7, 11) is 0. The van der Waals surface area contributed by atoms with E-state index in [1.807, 2.05) is 31.2 Å². The molecular formula is C10H19N3S. The zero-order chi connectivity index (χ0) is 10.6. The van der Waals surface area contributed by atoms with E-state index < -0.39 is 0 Å². The van der Waals surface area contributed by atoms with Crippen molar-refractivity contribution < 1.29 is 0 Å². The largest absolute Gasteiger partial charge is 0.329 e. The lowest BCUT2D eigenvalue weighted by atomic mass is 10.2. The van der Waals surface area contributed by atoms with Crippen LogP contribution in [0, 0.1) is 0 Å². The summed E-state index contributed by atoms with van der Waals surface area (Å²) in [6, 6.07) is 0.585. The monoisotopic (exact) mass is 213 g/mol.